The lowest BCUT2D eigenvalue weighted by atomic mass is 10.3. The van der Waals surface area contributed by atoms with Gasteiger partial charge in [-0.15, -0.1) is 0 Å². The number of carbonyl (C=O) groups excluding carboxylic acids is 2. The molecule has 3 aromatic rings. The van der Waals surface area contributed by atoms with Gasteiger partial charge in [-0.1, -0.05) is 23.9 Å². The van der Waals surface area contributed by atoms with E-state index >= 15 is 0 Å². The van der Waals surface area contributed by atoms with E-state index in [4.69, 9.17) is 4.42 Å². The highest BCUT2D eigenvalue weighted by Gasteiger charge is 2.12. The summed E-state index contributed by atoms with van der Waals surface area (Å²) in [7, 11) is 0. The first-order valence-electron chi connectivity index (χ1n) is 8.35. The van der Waals surface area contributed by atoms with Gasteiger partial charge in [-0.3, -0.25) is 9.59 Å². The molecular weight excluding hydrogens is 352 g/mol. The van der Waals surface area contributed by atoms with E-state index in [0.29, 0.717) is 13.1 Å². The number of para-hydroxylation sites is 2. The Hall–Kier alpha value is -2.74. The maximum atomic E-state index is 12.0. The Kier molecular flexibility index (Phi) is 5.96. The van der Waals surface area contributed by atoms with Crippen LogP contribution in [-0.2, 0) is 11.3 Å². The zero-order valence-electron chi connectivity index (χ0n) is 14.4. The van der Waals surface area contributed by atoms with Crippen molar-refractivity contribution in [1.82, 2.24) is 20.2 Å². The average molecular weight is 372 g/mol. The smallest absolute Gasteiger partial charge is 0.287 e. The van der Waals surface area contributed by atoms with E-state index in [1.807, 2.05) is 24.3 Å². The molecule has 0 atom stereocenters. The molecule has 0 spiro atoms. The Labute approximate surface area is 155 Å². The van der Waals surface area contributed by atoms with Gasteiger partial charge in [-0.2, -0.15) is 0 Å². The molecule has 2 amide bonds. The minimum atomic E-state index is -0.296. The Morgan fingerprint density at radius 3 is 2.73 bits per heavy atom. The number of aryl methyl sites for hydroxylation is 1. The van der Waals surface area contributed by atoms with E-state index in [1.54, 1.807) is 12.1 Å². The van der Waals surface area contributed by atoms with Crippen LogP contribution in [0.1, 0.15) is 17.5 Å². The molecule has 0 saturated heterocycles. The molecule has 0 fully saturated rings. The molecule has 1 aromatic carbocycles. The summed E-state index contributed by atoms with van der Waals surface area (Å²) in [6, 6.07) is 11.2. The van der Waals surface area contributed by atoms with Gasteiger partial charge in [0.2, 0.25) is 5.91 Å². The van der Waals surface area contributed by atoms with Gasteiger partial charge in [-0.05, 0) is 31.2 Å². The number of fused-ring (bicyclic) bond motifs is 1. The van der Waals surface area contributed by atoms with Crippen molar-refractivity contribution in [2.75, 3.05) is 18.8 Å². The van der Waals surface area contributed by atoms with Crippen molar-refractivity contribution >= 4 is 34.6 Å². The molecular formula is C18H20N4O3S. The minimum Gasteiger partial charge on any atom is -0.459 e. The zero-order chi connectivity index (χ0) is 18.4. The van der Waals surface area contributed by atoms with Crippen LogP contribution < -0.4 is 10.6 Å². The van der Waals surface area contributed by atoms with Crippen LogP contribution in [0, 0.1) is 0 Å². The first-order valence-corrected chi connectivity index (χ1v) is 9.34. The fourth-order valence-electron chi connectivity index (χ4n) is 2.52. The normalized spacial score (nSPS) is 10.8. The van der Waals surface area contributed by atoms with Gasteiger partial charge in [-0.25, -0.2) is 4.98 Å². The van der Waals surface area contributed by atoms with Crippen molar-refractivity contribution in [3.63, 3.8) is 0 Å². The number of amides is 2. The van der Waals surface area contributed by atoms with Gasteiger partial charge in [0.1, 0.15) is 0 Å². The second kappa shape index (κ2) is 8.57. The number of carbonyl (C=O) groups is 2. The van der Waals surface area contributed by atoms with Crippen LogP contribution in [0.15, 0.2) is 52.2 Å². The number of nitrogens with one attached hydrogen (secondary N) is 2. The second-order valence-electron chi connectivity index (χ2n) is 5.50. The van der Waals surface area contributed by atoms with Gasteiger partial charge >= 0.3 is 0 Å². The van der Waals surface area contributed by atoms with Gasteiger partial charge in [0.25, 0.3) is 5.91 Å². The quantitative estimate of drug-likeness (QED) is 0.468. The maximum absolute atomic E-state index is 12.0. The third-order valence-corrected chi connectivity index (χ3v) is 4.72. The fraction of sp³-hybridized carbons (Fsp3) is 0.278. The molecule has 8 heteroatoms. The van der Waals surface area contributed by atoms with Crippen molar-refractivity contribution in [2.24, 2.45) is 0 Å². The van der Waals surface area contributed by atoms with Crippen LogP contribution in [0.5, 0.6) is 0 Å². The minimum absolute atomic E-state index is 0.100. The van der Waals surface area contributed by atoms with Crippen molar-refractivity contribution in [2.45, 2.75) is 18.6 Å². The lowest BCUT2D eigenvalue weighted by Crippen LogP contribution is -2.35. The molecule has 0 aliphatic carbocycles. The van der Waals surface area contributed by atoms with Gasteiger partial charge < -0.3 is 19.6 Å². The van der Waals surface area contributed by atoms with Crippen molar-refractivity contribution in [3.05, 3.63) is 48.4 Å². The summed E-state index contributed by atoms with van der Waals surface area (Å²) in [5, 5.41) is 6.29. The summed E-state index contributed by atoms with van der Waals surface area (Å²) in [6.45, 7) is 3.54. The zero-order valence-corrected chi connectivity index (χ0v) is 15.2. The van der Waals surface area contributed by atoms with E-state index in [0.717, 1.165) is 22.7 Å². The van der Waals surface area contributed by atoms with E-state index in [2.05, 4.69) is 27.1 Å². The molecule has 7 nitrogen and oxygen atoms in total. The molecule has 0 aliphatic rings. The fourth-order valence-corrected chi connectivity index (χ4v) is 3.43. The monoisotopic (exact) mass is 372 g/mol. The van der Waals surface area contributed by atoms with E-state index in [9.17, 15) is 9.59 Å². The third kappa shape index (κ3) is 4.26. The van der Waals surface area contributed by atoms with Crippen molar-refractivity contribution in [3.8, 4) is 0 Å². The summed E-state index contributed by atoms with van der Waals surface area (Å²) in [5.74, 6) is 0.132. The molecule has 0 radical (unpaired) electrons. The largest absolute Gasteiger partial charge is 0.459 e. The highest BCUT2D eigenvalue weighted by atomic mass is 32.2. The average Bonchev–Trinajstić information content (AvgIpc) is 3.30. The Morgan fingerprint density at radius 2 is 1.96 bits per heavy atom. The third-order valence-electron chi connectivity index (χ3n) is 3.75. The van der Waals surface area contributed by atoms with E-state index in [-0.39, 0.29) is 23.3 Å². The second-order valence-corrected chi connectivity index (χ2v) is 6.44. The summed E-state index contributed by atoms with van der Waals surface area (Å²) >= 11 is 1.41. The molecule has 0 saturated carbocycles. The summed E-state index contributed by atoms with van der Waals surface area (Å²) in [5.41, 5.74) is 2.00. The number of aromatic nitrogens is 2. The number of furan rings is 1. The Balaban J connectivity index is 1.44. The molecule has 2 heterocycles. The van der Waals surface area contributed by atoms with Crippen LogP contribution in [0.25, 0.3) is 11.0 Å². The maximum Gasteiger partial charge on any atom is 0.287 e. The SMILES string of the molecule is CCn1c(SCC(=O)NCCNC(=O)c2ccco2)nc2ccccc21. The van der Waals surface area contributed by atoms with Gasteiger partial charge in [0, 0.05) is 19.6 Å². The summed E-state index contributed by atoms with van der Waals surface area (Å²) in [6.07, 6.45) is 1.44. The number of hydrogen-bond acceptors (Lipinski definition) is 5. The Bertz CT molecular complexity index is 889. The number of rotatable bonds is 8. The number of imidazole rings is 1. The van der Waals surface area contributed by atoms with Crippen LogP contribution in [0.2, 0.25) is 0 Å². The predicted octanol–water partition coefficient (Wildman–Crippen LogP) is 2.29. The predicted molar refractivity (Wildman–Crippen MR) is 100 cm³/mol. The first kappa shape index (κ1) is 18.1. The summed E-state index contributed by atoms with van der Waals surface area (Å²) in [4.78, 5) is 28.3. The highest BCUT2D eigenvalue weighted by Crippen LogP contribution is 2.23. The van der Waals surface area contributed by atoms with Gasteiger partial charge in [0.05, 0.1) is 23.0 Å². The van der Waals surface area contributed by atoms with Crippen molar-refractivity contribution < 1.29 is 14.0 Å². The topological polar surface area (TPSA) is 89.2 Å². The molecule has 3 rings (SSSR count). The molecule has 0 bridgehead atoms. The Morgan fingerprint density at radius 1 is 1.15 bits per heavy atom. The van der Waals surface area contributed by atoms with Crippen LogP contribution >= 0.6 is 11.8 Å². The van der Waals surface area contributed by atoms with Crippen molar-refractivity contribution in [1.29, 1.82) is 0 Å². The van der Waals surface area contributed by atoms with E-state index in [1.165, 1.54) is 18.0 Å². The molecule has 2 aromatic heterocycles. The lowest BCUT2D eigenvalue weighted by molar-refractivity contribution is -0.118. The summed E-state index contributed by atoms with van der Waals surface area (Å²) < 4.78 is 7.09. The van der Waals surface area contributed by atoms with Crippen LogP contribution in [0.3, 0.4) is 0 Å². The van der Waals surface area contributed by atoms with Gasteiger partial charge in [0.15, 0.2) is 10.9 Å². The number of thioether (sulfide) groups is 1. The lowest BCUT2D eigenvalue weighted by Gasteiger charge is -2.07. The van der Waals surface area contributed by atoms with Crippen LogP contribution in [-0.4, -0.2) is 40.2 Å². The number of nitrogens with zero attached hydrogens (tertiary/aromatic N) is 2. The first-order chi connectivity index (χ1) is 12.7. The molecule has 0 unspecified atom stereocenters. The molecule has 136 valence electrons. The van der Waals surface area contributed by atoms with Crippen LogP contribution in [0.4, 0.5) is 0 Å². The standard InChI is InChI=1S/C18H20N4O3S/c1-2-22-14-7-4-3-6-13(14)21-18(22)26-12-16(23)19-9-10-20-17(24)15-8-5-11-25-15/h3-8,11H,2,9-10,12H2,1H3,(H,19,23)(H,20,24). The molecule has 0 aliphatic heterocycles. The molecule has 2 N–H and O–H groups in total. The van der Waals surface area contributed by atoms with E-state index < -0.39 is 0 Å². The highest BCUT2D eigenvalue weighted by molar-refractivity contribution is 7.99. The molecule has 26 heavy (non-hydrogen) atoms. The number of hydrogen-bond donors (Lipinski definition) is 2. The number of benzene rings is 1.